The van der Waals surface area contributed by atoms with Crippen molar-refractivity contribution in [3.63, 3.8) is 0 Å². The van der Waals surface area contributed by atoms with Gasteiger partial charge in [0, 0.05) is 6.92 Å². The van der Waals surface area contributed by atoms with Crippen LogP contribution >= 0.6 is 0 Å². The Balaban J connectivity index is 0.000000423. The van der Waals surface area contributed by atoms with E-state index in [1.807, 2.05) is 0 Å². The molecule has 1 aliphatic rings. The molecule has 0 aromatic heterocycles. The molecule has 90 valence electrons. The molecule has 0 unspecified atom stereocenters. The molecule has 15 heavy (non-hydrogen) atoms. The van der Waals surface area contributed by atoms with Gasteiger partial charge in [0.05, 0.1) is 0 Å². The fraction of sp³-hybridized carbons (Fsp3) is 0.917. The number of piperidine rings is 1. The van der Waals surface area contributed by atoms with Crippen LogP contribution in [-0.4, -0.2) is 24.2 Å². The zero-order valence-corrected chi connectivity index (χ0v) is 10.1. The summed E-state index contributed by atoms with van der Waals surface area (Å²) in [6.45, 7) is 5.88. The van der Waals surface area contributed by atoms with Gasteiger partial charge in [0.25, 0.3) is 5.97 Å². The largest absolute Gasteiger partial charge is 0.481 e. The van der Waals surface area contributed by atoms with Crippen LogP contribution < -0.4 is 5.32 Å². The van der Waals surface area contributed by atoms with Crippen molar-refractivity contribution in [2.75, 3.05) is 13.1 Å². The van der Waals surface area contributed by atoms with Gasteiger partial charge in [-0.15, -0.1) is 0 Å². The second kappa shape index (κ2) is 9.97. The van der Waals surface area contributed by atoms with Gasteiger partial charge in [0.15, 0.2) is 0 Å². The molecule has 0 radical (unpaired) electrons. The minimum atomic E-state index is -0.833. The summed E-state index contributed by atoms with van der Waals surface area (Å²) in [5, 5.41) is 10.8. The molecule has 3 nitrogen and oxygen atoms in total. The Morgan fingerprint density at radius 2 is 1.87 bits per heavy atom. The summed E-state index contributed by atoms with van der Waals surface area (Å²) in [5.41, 5.74) is 0. The van der Waals surface area contributed by atoms with Crippen LogP contribution in [0.2, 0.25) is 0 Å². The Bertz CT molecular complexity index is 150. The van der Waals surface area contributed by atoms with Gasteiger partial charge in [-0.3, -0.25) is 4.79 Å². The fourth-order valence-electron chi connectivity index (χ4n) is 1.85. The van der Waals surface area contributed by atoms with Crippen LogP contribution in [0.1, 0.15) is 52.4 Å². The van der Waals surface area contributed by atoms with E-state index in [1.54, 1.807) is 0 Å². The molecule has 0 aromatic carbocycles. The van der Waals surface area contributed by atoms with Crippen molar-refractivity contribution in [3.8, 4) is 0 Å². The highest BCUT2D eigenvalue weighted by atomic mass is 16.4. The Labute approximate surface area is 93.3 Å². The topological polar surface area (TPSA) is 49.3 Å². The first kappa shape index (κ1) is 14.4. The molecule has 2 N–H and O–H groups in total. The van der Waals surface area contributed by atoms with Gasteiger partial charge in [-0.25, -0.2) is 0 Å². The number of carboxylic acids is 1. The molecule has 1 heterocycles. The van der Waals surface area contributed by atoms with Crippen molar-refractivity contribution in [3.05, 3.63) is 0 Å². The third kappa shape index (κ3) is 11.4. The Hall–Kier alpha value is -0.570. The Morgan fingerprint density at radius 3 is 2.33 bits per heavy atom. The molecule has 0 bridgehead atoms. The molecule has 1 fully saturated rings. The predicted octanol–water partition coefficient (Wildman–Crippen LogP) is 2.66. The van der Waals surface area contributed by atoms with E-state index < -0.39 is 5.97 Å². The highest BCUT2D eigenvalue weighted by molar-refractivity contribution is 5.62. The van der Waals surface area contributed by atoms with Gasteiger partial charge in [-0.1, -0.05) is 32.6 Å². The third-order valence-electron chi connectivity index (χ3n) is 2.67. The van der Waals surface area contributed by atoms with Crippen molar-refractivity contribution in [2.45, 2.75) is 52.4 Å². The third-order valence-corrected chi connectivity index (χ3v) is 2.67. The molecule has 3 heteroatoms. The smallest absolute Gasteiger partial charge is 0.300 e. The van der Waals surface area contributed by atoms with E-state index in [1.165, 1.54) is 51.6 Å². The van der Waals surface area contributed by atoms with E-state index in [0.29, 0.717) is 0 Å². The van der Waals surface area contributed by atoms with Crippen molar-refractivity contribution in [1.29, 1.82) is 0 Å². The quantitative estimate of drug-likeness (QED) is 0.709. The van der Waals surface area contributed by atoms with Crippen molar-refractivity contribution in [1.82, 2.24) is 5.32 Å². The molecular formula is C12H25NO2. The minimum Gasteiger partial charge on any atom is -0.481 e. The number of rotatable bonds is 4. The van der Waals surface area contributed by atoms with Crippen LogP contribution in [0, 0.1) is 5.92 Å². The van der Waals surface area contributed by atoms with Gasteiger partial charge in [0.2, 0.25) is 0 Å². The van der Waals surface area contributed by atoms with E-state index in [-0.39, 0.29) is 0 Å². The lowest BCUT2D eigenvalue weighted by Gasteiger charge is -2.22. The lowest BCUT2D eigenvalue weighted by Crippen LogP contribution is -2.27. The summed E-state index contributed by atoms with van der Waals surface area (Å²) in [6.07, 6.45) is 8.58. The fourth-order valence-corrected chi connectivity index (χ4v) is 1.85. The minimum absolute atomic E-state index is 0.833. The maximum Gasteiger partial charge on any atom is 0.300 e. The Morgan fingerprint density at radius 1 is 1.33 bits per heavy atom. The molecule has 0 saturated carbocycles. The predicted molar refractivity (Wildman–Crippen MR) is 63.0 cm³/mol. The van der Waals surface area contributed by atoms with Crippen LogP contribution in [0.3, 0.4) is 0 Å². The normalized spacial score (nSPS) is 16.7. The number of nitrogens with one attached hydrogen (secondary N) is 1. The highest BCUT2D eigenvalue weighted by Crippen LogP contribution is 2.18. The molecule has 0 spiro atoms. The lowest BCUT2D eigenvalue weighted by atomic mass is 9.92. The average Bonchev–Trinajstić information content (AvgIpc) is 2.19. The zero-order valence-electron chi connectivity index (χ0n) is 10.1. The van der Waals surface area contributed by atoms with E-state index in [4.69, 9.17) is 9.90 Å². The lowest BCUT2D eigenvalue weighted by molar-refractivity contribution is -0.134. The molecule has 0 aromatic rings. The van der Waals surface area contributed by atoms with Crippen LogP contribution in [0.4, 0.5) is 0 Å². The average molecular weight is 215 g/mol. The second-order valence-electron chi connectivity index (χ2n) is 4.21. The molecule has 1 aliphatic heterocycles. The first-order valence-electron chi connectivity index (χ1n) is 6.07. The number of hydrogen-bond acceptors (Lipinski definition) is 2. The standard InChI is InChI=1S/C10H21N.C2H4O2/c1-2-3-4-5-10-6-8-11-9-7-10;1-2(3)4/h10-11H,2-9H2,1H3;1H3,(H,3,4). The van der Waals surface area contributed by atoms with Crippen LogP contribution in [0.5, 0.6) is 0 Å². The molecule has 0 aliphatic carbocycles. The summed E-state index contributed by atoms with van der Waals surface area (Å²) >= 11 is 0. The number of carbonyl (C=O) groups is 1. The molecule has 1 rings (SSSR count). The number of hydrogen-bond donors (Lipinski definition) is 2. The van der Waals surface area contributed by atoms with Crippen molar-refractivity contribution >= 4 is 5.97 Å². The van der Waals surface area contributed by atoms with Gasteiger partial charge < -0.3 is 10.4 Å². The first-order chi connectivity index (χ1) is 7.16. The number of carboxylic acid groups (broad SMARTS) is 1. The van der Waals surface area contributed by atoms with E-state index in [0.717, 1.165) is 12.8 Å². The SMILES string of the molecule is CC(=O)O.CCCCCC1CCNCC1. The number of unbranched alkanes of at least 4 members (excludes halogenated alkanes) is 2. The highest BCUT2D eigenvalue weighted by Gasteiger charge is 2.11. The van der Waals surface area contributed by atoms with E-state index >= 15 is 0 Å². The summed E-state index contributed by atoms with van der Waals surface area (Å²) < 4.78 is 0. The Kier molecular flexibility index (Phi) is 9.59. The van der Waals surface area contributed by atoms with Crippen LogP contribution in [0.25, 0.3) is 0 Å². The second-order valence-corrected chi connectivity index (χ2v) is 4.21. The maximum atomic E-state index is 9.00. The van der Waals surface area contributed by atoms with Crippen LogP contribution in [-0.2, 0) is 4.79 Å². The van der Waals surface area contributed by atoms with E-state index in [2.05, 4.69) is 12.2 Å². The van der Waals surface area contributed by atoms with Gasteiger partial charge in [-0.2, -0.15) is 0 Å². The van der Waals surface area contributed by atoms with E-state index in [9.17, 15) is 0 Å². The first-order valence-corrected chi connectivity index (χ1v) is 6.07. The maximum absolute atomic E-state index is 9.00. The van der Waals surface area contributed by atoms with Gasteiger partial charge in [0.1, 0.15) is 0 Å². The van der Waals surface area contributed by atoms with Gasteiger partial charge >= 0.3 is 0 Å². The summed E-state index contributed by atoms with van der Waals surface area (Å²) in [5.74, 6) is 0.211. The van der Waals surface area contributed by atoms with Crippen molar-refractivity contribution in [2.24, 2.45) is 5.92 Å². The molecule has 0 amide bonds. The number of aliphatic carboxylic acids is 1. The summed E-state index contributed by atoms with van der Waals surface area (Å²) in [6, 6.07) is 0. The van der Waals surface area contributed by atoms with Gasteiger partial charge in [-0.05, 0) is 31.8 Å². The summed E-state index contributed by atoms with van der Waals surface area (Å²) in [4.78, 5) is 9.00. The molecule has 0 atom stereocenters. The zero-order chi connectivity index (χ0) is 11.5. The van der Waals surface area contributed by atoms with Crippen molar-refractivity contribution < 1.29 is 9.90 Å². The monoisotopic (exact) mass is 215 g/mol. The molecular weight excluding hydrogens is 190 g/mol. The summed E-state index contributed by atoms with van der Waals surface area (Å²) in [7, 11) is 0. The van der Waals surface area contributed by atoms with Crippen LogP contribution in [0.15, 0.2) is 0 Å². The molecule has 1 saturated heterocycles.